The van der Waals surface area contributed by atoms with Crippen LogP contribution in [0.1, 0.15) is 24.3 Å². The second-order valence-electron chi connectivity index (χ2n) is 6.80. The van der Waals surface area contributed by atoms with Crippen LogP contribution in [0.3, 0.4) is 0 Å². The van der Waals surface area contributed by atoms with Gasteiger partial charge in [-0.3, -0.25) is 4.79 Å². The summed E-state index contributed by atoms with van der Waals surface area (Å²) in [4.78, 5) is 14.4. The quantitative estimate of drug-likeness (QED) is 0.588. The first-order valence-electron chi connectivity index (χ1n) is 9.17. The number of carbonyl (C=O) groups excluding carboxylic acids is 1. The molecular formula is C21H22N2O5. The standard InChI is InChI=1S/C21H22N2O5/c1-25-16-7-8-18(19(11-16)26-2)20-10-15(22-28-20)12-23(21(24)14-5-6-14)13-17-4-3-9-27-17/h3-4,7-11,14H,5-6,12-13H2,1-2H3. The third-order valence-corrected chi connectivity index (χ3v) is 4.75. The molecular weight excluding hydrogens is 360 g/mol. The van der Waals surface area contributed by atoms with Crippen LogP contribution < -0.4 is 9.47 Å². The van der Waals surface area contributed by atoms with Crippen molar-refractivity contribution < 1.29 is 23.2 Å². The SMILES string of the molecule is COc1ccc(-c2cc(CN(Cc3ccco3)C(=O)C3CC3)no2)c(OC)c1. The summed E-state index contributed by atoms with van der Waals surface area (Å²) < 4.78 is 21.6. The minimum absolute atomic E-state index is 0.114. The molecule has 0 saturated heterocycles. The van der Waals surface area contributed by atoms with E-state index in [4.69, 9.17) is 18.4 Å². The topological polar surface area (TPSA) is 77.9 Å². The Kier molecular flexibility index (Phi) is 5.06. The van der Waals surface area contributed by atoms with Gasteiger partial charge in [0.1, 0.15) is 23.0 Å². The molecule has 28 heavy (non-hydrogen) atoms. The van der Waals surface area contributed by atoms with Crippen LogP contribution in [0.25, 0.3) is 11.3 Å². The average molecular weight is 382 g/mol. The van der Waals surface area contributed by atoms with E-state index in [0.717, 1.165) is 24.2 Å². The Morgan fingerprint density at radius 2 is 2.04 bits per heavy atom. The molecule has 3 aromatic rings. The first-order valence-corrected chi connectivity index (χ1v) is 9.17. The fourth-order valence-corrected chi connectivity index (χ4v) is 3.10. The summed E-state index contributed by atoms with van der Waals surface area (Å²) in [6.07, 6.45) is 3.50. The largest absolute Gasteiger partial charge is 0.497 e. The Morgan fingerprint density at radius 1 is 1.18 bits per heavy atom. The molecule has 4 rings (SSSR count). The number of nitrogens with zero attached hydrogens (tertiary/aromatic N) is 2. The van der Waals surface area contributed by atoms with Crippen LogP contribution in [0.2, 0.25) is 0 Å². The van der Waals surface area contributed by atoms with Gasteiger partial charge in [0.25, 0.3) is 0 Å². The van der Waals surface area contributed by atoms with E-state index in [-0.39, 0.29) is 11.8 Å². The lowest BCUT2D eigenvalue weighted by molar-refractivity contribution is -0.134. The monoisotopic (exact) mass is 382 g/mol. The summed E-state index contributed by atoms with van der Waals surface area (Å²) in [5, 5.41) is 4.16. The Balaban J connectivity index is 1.55. The van der Waals surface area contributed by atoms with E-state index in [1.807, 2.05) is 30.3 Å². The van der Waals surface area contributed by atoms with E-state index >= 15 is 0 Å². The van der Waals surface area contributed by atoms with Crippen molar-refractivity contribution in [1.82, 2.24) is 10.1 Å². The van der Waals surface area contributed by atoms with Crippen LogP contribution in [-0.4, -0.2) is 30.2 Å². The van der Waals surface area contributed by atoms with Gasteiger partial charge in [-0.25, -0.2) is 0 Å². The highest BCUT2D eigenvalue weighted by atomic mass is 16.5. The van der Waals surface area contributed by atoms with Crippen molar-refractivity contribution in [3.05, 3.63) is 54.1 Å². The van der Waals surface area contributed by atoms with Crippen molar-refractivity contribution in [1.29, 1.82) is 0 Å². The summed E-state index contributed by atoms with van der Waals surface area (Å²) in [6, 6.07) is 11.0. The van der Waals surface area contributed by atoms with Crippen molar-refractivity contribution in [2.75, 3.05) is 14.2 Å². The highest BCUT2D eigenvalue weighted by Gasteiger charge is 2.34. The van der Waals surface area contributed by atoms with Gasteiger partial charge in [-0.15, -0.1) is 0 Å². The van der Waals surface area contributed by atoms with Gasteiger partial charge in [-0.2, -0.15) is 0 Å². The van der Waals surface area contributed by atoms with Crippen LogP contribution in [0, 0.1) is 5.92 Å². The van der Waals surface area contributed by atoms with Gasteiger partial charge in [0.15, 0.2) is 5.76 Å². The lowest BCUT2D eigenvalue weighted by Gasteiger charge is -2.20. The van der Waals surface area contributed by atoms with Gasteiger partial charge in [0, 0.05) is 18.1 Å². The summed E-state index contributed by atoms with van der Waals surface area (Å²) in [5.41, 5.74) is 1.45. The summed E-state index contributed by atoms with van der Waals surface area (Å²) in [6.45, 7) is 0.772. The second kappa shape index (κ2) is 7.80. The molecule has 1 aliphatic carbocycles. The highest BCUT2D eigenvalue weighted by Crippen LogP contribution is 2.35. The maximum atomic E-state index is 12.7. The molecule has 0 atom stereocenters. The van der Waals surface area contributed by atoms with E-state index in [2.05, 4.69) is 5.16 Å². The molecule has 1 amide bonds. The molecule has 1 fully saturated rings. The Morgan fingerprint density at radius 3 is 2.71 bits per heavy atom. The Hall–Kier alpha value is -3.22. The minimum Gasteiger partial charge on any atom is -0.497 e. The first-order chi connectivity index (χ1) is 13.7. The fraction of sp³-hybridized carbons (Fsp3) is 0.333. The molecule has 146 valence electrons. The maximum Gasteiger partial charge on any atom is 0.226 e. The third kappa shape index (κ3) is 3.88. The average Bonchev–Trinajstić information content (AvgIpc) is 3.25. The number of rotatable bonds is 8. The number of methoxy groups -OCH3 is 2. The molecule has 0 bridgehead atoms. The number of ether oxygens (including phenoxy) is 2. The highest BCUT2D eigenvalue weighted by molar-refractivity contribution is 5.81. The molecule has 0 aliphatic heterocycles. The van der Waals surface area contributed by atoms with Crippen molar-refractivity contribution in [3.8, 4) is 22.8 Å². The molecule has 0 N–H and O–H groups in total. The van der Waals surface area contributed by atoms with E-state index < -0.39 is 0 Å². The van der Waals surface area contributed by atoms with Crippen molar-refractivity contribution in [2.45, 2.75) is 25.9 Å². The van der Waals surface area contributed by atoms with Gasteiger partial charge in [0.05, 0.1) is 39.1 Å². The zero-order chi connectivity index (χ0) is 19.5. The fourth-order valence-electron chi connectivity index (χ4n) is 3.10. The van der Waals surface area contributed by atoms with E-state index in [1.165, 1.54) is 0 Å². The lowest BCUT2D eigenvalue weighted by Crippen LogP contribution is -2.31. The molecule has 1 aromatic carbocycles. The van der Waals surface area contributed by atoms with Crippen molar-refractivity contribution >= 4 is 5.91 Å². The molecule has 2 heterocycles. The predicted octanol–water partition coefficient (Wildman–Crippen LogP) is 3.89. The van der Waals surface area contributed by atoms with Gasteiger partial charge < -0.3 is 23.3 Å². The predicted molar refractivity (Wildman–Crippen MR) is 101 cm³/mol. The van der Waals surface area contributed by atoms with Gasteiger partial charge in [-0.05, 0) is 37.1 Å². The molecule has 0 unspecified atom stereocenters. The molecule has 7 nitrogen and oxygen atoms in total. The number of carbonyl (C=O) groups is 1. The summed E-state index contributed by atoms with van der Waals surface area (Å²) >= 11 is 0. The molecule has 0 spiro atoms. The summed E-state index contributed by atoms with van der Waals surface area (Å²) in [5.74, 6) is 2.88. The zero-order valence-electron chi connectivity index (χ0n) is 15.9. The minimum atomic E-state index is 0.114. The number of amides is 1. The van der Waals surface area contributed by atoms with Gasteiger partial charge >= 0.3 is 0 Å². The second-order valence-corrected chi connectivity index (χ2v) is 6.80. The third-order valence-electron chi connectivity index (χ3n) is 4.75. The molecule has 2 aromatic heterocycles. The number of hydrogen-bond acceptors (Lipinski definition) is 6. The Labute approximate surface area is 162 Å². The van der Waals surface area contributed by atoms with E-state index in [1.54, 1.807) is 31.4 Å². The van der Waals surface area contributed by atoms with Crippen LogP contribution >= 0.6 is 0 Å². The van der Waals surface area contributed by atoms with Crippen LogP contribution in [0.4, 0.5) is 0 Å². The van der Waals surface area contributed by atoms with E-state index in [0.29, 0.717) is 36.0 Å². The van der Waals surface area contributed by atoms with Crippen LogP contribution in [0.5, 0.6) is 11.5 Å². The van der Waals surface area contributed by atoms with Gasteiger partial charge in [0.2, 0.25) is 5.91 Å². The number of furan rings is 1. The van der Waals surface area contributed by atoms with Gasteiger partial charge in [-0.1, -0.05) is 5.16 Å². The molecule has 1 saturated carbocycles. The number of hydrogen-bond donors (Lipinski definition) is 0. The summed E-state index contributed by atoms with van der Waals surface area (Å²) in [7, 11) is 3.19. The zero-order valence-corrected chi connectivity index (χ0v) is 15.9. The lowest BCUT2D eigenvalue weighted by atomic mass is 10.1. The Bertz CT molecular complexity index is 944. The number of aromatic nitrogens is 1. The first kappa shape index (κ1) is 18.2. The molecule has 1 aliphatic rings. The molecule has 0 radical (unpaired) electrons. The van der Waals surface area contributed by atoms with Crippen molar-refractivity contribution in [2.24, 2.45) is 5.92 Å². The number of benzene rings is 1. The normalized spacial score (nSPS) is 13.4. The smallest absolute Gasteiger partial charge is 0.226 e. The van der Waals surface area contributed by atoms with E-state index in [9.17, 15) is 4.79 Å². The van der Waals surface area contributed by atoms with Crippen LogP contribution in [0.15, 0.2) is 51.6 Å². The molecule has 7 heteroatoms. The van der Waals surface area contributed by atoms with Crippen molar-refractivity contribution in [3.63, 3.8) is 0 Å². The maximum absolute atomic E-state index is 12.7. The van der Waals surface area contributed by atoms with Crippen LogP contribution in [-0.2, 0) is 17.9 Å².